The molecule has 0 aromatic heterocycles. The van der Waals surface area contributed by atoms with Crippen LogP contribution in [0.4, 0.5) is 0 Å². The third-order valence-corrected chi connectivity index (χ3v) is 5.79. The number of carbonyl (C=O) groups excluding carboxylic acids is 1. The zero-order chi connectivity index (χ0) is 15.3. The van der Waals surface area contributed by atoms with Crippen molar-refractivity contribution in [3.8, 4) is 0 Å². The van der Waals surface area contributed by atoms with Gasteiger partial charge in [-0.15, -0.1) is 12.4 Å². The molecule has 1 saturated heterocycles. The standard InChI is InChI=1S/C14H28N2O3S.ClH/c1-11(2)10-20(18,19)7-5-14(17)16-6-4-12(3)8-13(16)9-15;/h11-13H,4-10,15H2,1-3H3;1H. The van der Waals surface area contributed by atoms with Gasteiger partial charge in [0.1, 0.15) is 0 Å². The molecular formula is C14H29ClN2O3S. The summed E-state index contributed by atoms with van der Waals surface area (Å²) in [6.45, 7) is 7.06. The van der Waals surface area contributed by atoms with E-state index >= 15 is 0 Å². The molecule has 21 heavy (non-hydrogen) atoms. The summed E-state index contributed by atoms with van der Waals surface area (Å²) in [6.07, 6.45) is 1.97. The molecule has 7 heteroatoms. The highest BCUT2D eigenvalue weighted by atomic mass is 35.5. The lowest BCUT2D eigenvalue weighted by atomic mass is 9.92. The molecule has 0 bridgehead atoms. The fraction of sp³-hybridized carbons (Fsp3) is 0.929. The van der Waals surface area contributed by atoms with Gasteiger partial charge in [0.05, 0.1) is 11.5 Å². The van der Waals surface area contributed by atoms with Gasteiger partial charge in [-0.2, -0.15) is 0 Å². The van der Waals surface area contributed by atoms with E-state index in [4.69, 9.17) is 5.73 Å². The van der Waals surface area contributed by atoms with Crippen molar-refractivity contribution in [3.05, 3.63) is 0 Å². The van der Waals surface area contributed by atoms with Gasteiger partial charge in [0.2, 0.25) is 5.91 Å². The summed E-state index contributed by atoms with van der Waals surface area (Å²) in [4.78, 5) is 14.0. The largest absolute Gasteiger partial charge is 0.338 e. The molecule has 2 N–H and O–H groups in total. The summed E-state index contributed by atoms with van der Waals surface area (Å²) in [5.74, 6) is 0.713. The Hall–Kier alpha value is -0.330. The predicted molar refractivity (Wildman–Crippen MR) is 88.3 cm³/mol. The maximum Gasteiger partial charge on any atom is 0.223 e. The zero-order valence-corrected chi connectivity index (χ0v) is 14.9. The molecule has 1 aliphatic rings. The van der Waals surface area contributed by atoms with E-state index in [0.29, 0.717) is 19.0 Å². The van der Waals surface area contributed by atoms with Crippen LogP contribution in [-0.2, 0) is 14.6 Å². The van der Waals surface area contributed by atoms with Crippen LogP contribution in [-0.4, -0.2) is 49.9 Å². The van der Waals surface area contributed by atoms with Crippen LogP contribution in [0.2, 0.25) is 0 Å². The van der Waals surface area contributed by atoms with Crippen LogP contribution < -0.4 is 5.73 Å². The van der Waals surface area contributed by atoms with Crippen molar-refractivity contribution in [2.45, 2.75) is 46.1 Å². The molecule has 0 aliphatic carbocycles. The van der Waals surface area contributed by atoms with Crippen molar-refractivity contribution >= 4 is 28.2 Å². The zero-order valence-electron chi connectivity index (χ0n) is 13.2. The molecule has 0 saturated carbocycles. The fourth-order valence-electron chi connectivity index (χ4n) is 2.78. The van der Waals surface area contributed by atoms with Gasteiger partial charge >= 0.3 is 0 Å². The molecule has 2 atom stereocenters. The average molecular weight is 341 g/mol. The second-order valence-corrected chi connectivity index (χ2v) is 8.59. The number of likely N-dealkylation sites (tertiary alicyclic amines) is 1. The maximum atomic E-state index is 12.2. The number of nitrogens with two attached hydrogens (primary N) is 1. The summed E-state index contributed by atoms with van der Waals surface area (Å²) in [5.41, 5.74) is 5.73. The number of amides is 1. The van der Waals surface area contributed by atoms with Gasteiger partial charge in [-0.25, -0.2) is 8.42 Å². The molecule has 1 fully saturated rings. The van der Waals surface area contributed by atoms with Crippen LogP contribution in [0, 0.1) is 11.8 Å². The SMILES string of the molecule is CC(C)CS(=O)(=O)CCC(=O)N1CCC(C)CC1CN.Cl. The number of hydrogen-bond acceptors (Lipinski definition) is 4. The first-order valence-corrected chi connectivity index (χ1v) is 9.27. The molecule has 1 aliphatic heterocycles. The number of halogens is 1. The third kappa shape index (κ3) is 6.98. The van der Waals surface area contributed by atoms with E-state index in [1.54, 1.807) is 4.90 Å². The number of sulfone groups is 1. The number of nitrogens with zero attached hydrogens (tertiary/aromatic N) is 1. The average Bonchev–Trinajstić information content (AvgIpc) is 2.34. The minimum atomic E-state index is -3.13. The van der Waals surface area contributed by atoms with Crippen LogP contribution in [0.1, 0.15) is 40.0 Å². The van der Waals surface area contributed by atoms with Crippen LogP contribution >= 0.6 is 12.4 Å². The van der Waals surface area contributed by atoms with E-state index in [1.807, 2.05) is 13.8 Å². The van der Waals surface area contributed by atoms with Crippen molar-refractivity contribution in [3.63, 3.8) is 0 Å². The quantitative estimate of drug-likeness (QED) is 0.793. The van der Waals surface area contributed by atoms with Crippen molar-refractivity contribution < 1.29 is 13.2 Å². The van der Waals surface area contributed by atoms with Gasteiger partial charge in [-0.3, -0.25) is 4.79 Å². The Morgan fingerprint density at radius 3 is 2.52 bits per heavy atom. The summed E-state index contributed by atoms with van der Waals surface area (Å²) in [6, 6.07) is 0.0686. The monoisotopic (exact) mass is 340 g/mol. The van der Waals surface area contributed by atoms with Crippen molar-refractivity contribution in [2.75, 3.05) is 24.6 Å². The van der Waals surface area contributed by atoms with Gasteiger partial charge in [0.25, 0.3) is 0 Å². The lowest BCUT2D eigenvalue weighted by Crippen LogP contribution is -2.49. The lowest BCUT2D eigenvalue weighted by Gasteiger charge is -2.38. The van der Waals surface area contributed by atoms with E-state index in [1.165, 1.54) is 0 Å². The maximum absolute atomic E-state index is 12.2. The number of rotatable bonds is 6. The molecule has 1 amide bonds. The van der Waals surface area contributed by atoms with Crippen LogP contribution in [0.15, 0.2) is 0 Å². The van der Waals surface area contributed by atoms with Crippen LogP contribution in [0.5, 0.6) is 0 Å². The Morgan fingerprint density at radius 1 is 1.38 bits per heavy atom. The molecule has 0 spiro atoms. The summed E-state index contributed by atoms with van der Waals surface area (Å²) in [5, 5.41) is 0. The first-order valence-electron chi connectivity index (χ1n) is 7.45. The van der Waals surface area contributed by atoms with E-state index in [2.05, 4.69) is 6.92 Å². The molecule has 5 nitrogen and oxygen atoms in total. The summed E-state index contributed by atoms with van der Waals surface area (Å²) in [7, 11) is -3.13. The molecular weight excluding hydrogens is 312 g/mol. The number of hydrogen-bond donors (Lipinski definition) is 1. The molecule has 0 aromatic rings. The topological polar surface area (TPSA) is 80.5 Å². The highest BCUT2D eigenvalue weighted by molar-refractivity contribution is 7.91. The van der Waals surface area contributed by atoms with Gasteiger partial charge in [-0.1, -0.05) is 20.8 Å². The summed E-state index contributed by atoms with van der Waals surface area (Å²) >= 11 is 0. The second-order valence-electron chi connectivity index (χ2n) is 6.36. The fourth-order valence-corrected chi connectivity index (χ4v) is 4.45. The van der Waals surface area contributed by atoms with Crippen LogP contribution in [0.25, 0.3) is 0 Å². The molecule has 0 radical (unpaired) electrons. The lowest BCUT2D eigenvalue weighted by molar-refractivity contribution is -0.134. The van der Waals surface area contributed by atoms with Gasteiger partial charge in [0, 0.05) is 25.6 Å². The van der Waals surface area contributed by atoms with Crippen molar-refractivity contribution in [1.82, 2.24) is 4.90 Å². The first kappa shape index (κ1) is 20.7. The van der Waals surface area contributed by atoms with Gasteiger partial charge < -0.3 is 10.6 Å². The van der Waals surface area contributed by atoms with Crippen molar-refractivity contribution in [2.24, 2.45) is 17.6 Å². The molecule has 2 unspecified atom stereocenters. The van der Waals surface area contributed by atoms with E-state index < -0.39 is 9.84 Å². The Bertz CT molecular complexity index is 426. The first-order chi connectivity index (χ1) is 9.25. The van der Waals surface area contributed by atoms with Crippen molar-refractivity contribution in [1.29, 1.82) is 0 Å². The predicted octanol–water partition coefficient (Wildman–Crippen LogP) is 1.45. The highest BCUT2D eigenvalue weighted by Gasteiger charge is 2.29. The molecule has 126 valence electrons. The smallest absolute Gasteiger partial charge is 0.223 e. The van der Waals surface area contributed by atoms with E-state index in [9.17, 15) is 13.2 Å². The van der Waals surface area contributed by atoms with E-state index in [-0.39, 0.29) is 48.2 Å². The number of piperidine rings is 1. The Labute approximate surface area is 135 Å². The van der Waals surface area contributed by atoms with Gasteiger partial charge in [-0.05, 0) is 24.7 Å². The second kappa shape index (κ2) is 8.96. The van der Waals surface area contributed by atoms with E-state index in [0.717, 1.165) is 12.8 Å². The Balaban J connectivity index is 0.00000400. The Morgan fingerprint density at radius 2 is 2.00 bits per heavy atom. The molecule has 0 aromatic carbocycles. The minimum absolute atomic E-state index is 0. The highest BCUT2D eigenvalue weighted by Crippen LogP contribution is 2.22. The molecule has 1 rings (SSSR count). The summed E-state index contributed by atoms with van der Waals surface area (Å²) < 4.78 is 23.7. The van der Waals surface area contributed by atoms with Crippen LogP contribution in [0.3, 0.4) is 0 Å². The third-order valence-electron chi connectivity index (χ3n) is 3.78. The van der Waals surface area contributed by atoms with Gasteiger partial charge in [0.15, 0.2) is 9.84 Å². The normalized spacial score (nSPS) is 23.0. The number of carbonyl (C=O) groups is 1. The minimum Gasteiger partial charge on any atom is -0.338 e. The Kier molecular flexibility index (Phi) is 8.81. The molecule has 1 heterocycles.